The van der Waals surface area contributed by atoms with Crippen LogP contribution in [0.25, 0.3) is 0 Å². The van der Waals surface area contributed by atoms with Crippen molar-refractivity contribution >= 4 is 35.7 Å². The molecule has 614 valence electrons. The topological polar surface area (TPSA) is 170 Å². The van der Waals surface area contributed by atoms with Crippen LogP contribution in [0.5, 0.6) is 0 Å². The van der Waals surface area contributed by atoms with Crippen molar-refractivity contribution in [3.8, 4) is 0 Å². The van der Waals surface area contributed by atoms with Gasteiger partial charge in [-0.25, -0.2) is 0 Å². The lowest BCUT2D eigenvalue weighted by Crippen LogP contribution is -2.37. The quantitative estimate of drug-likeness (QED) is 0.0336. The molecule has 0 aliphatic heterocycles. The Morgan fingerprint density at radius 2 is 0.471 bits per heavy atom. The van der Waals surface area contributed by atoms with E-state index in [1.54, 1.807) is 0 Å². The Morgan fingerprint density at radius 1 is 0.250 bits per heavy atom. The standard InChI is InChI=1S/C90H174N4O10/c1-9-15-21-27-35-47-61-83(62-48-36-28-22-16-10-2)103-89(99)67-51-39-31-41-55-73-93(75-57-43-53-65-87(97)101-79-81(7)59-45-33-25-19-13-5)77-71-91-85(95)69-70-86(96)92-72-78-94(76-58-44-54-66-88(98)102-80-82(8)60-46-34-26-20-14-6)74-56-42-32-40-52-68-90(100)104-84(63-49-37-29-23-17-11-3)64-50-38-30-24-18-12-4/h81-84H,9-80H2,1-8H3,(H,91,95)(H,92,96). The zero-order chi connectivity index (χ0) is 76.1. The fraction of sp³-hybridized carbons (Fsp3) is 0.933. The van der Waals surface area contributed by atoms with E-state index in [1.165, 1.54) is 193 Å². The van der Waals surface area contributed by atoms with Gasteiger partial charge in [0.05, 0.1) is 13.2 Å². The zero-order valence-corrected chi connectivity index (χ0v) is 70.2. The van der Waals surface area contributed by atoms with Crippen LogP contribution < -0.4 is 10.6 Å². The molecule has 14 nitrogen and oxygen atoms in total. The van der Waals surface area contributed by atoms with E-state index < -0.39 is 0 Å². The first-order valence-corrected chi connectivity index (χ1v) is 45.5. The second-order valence-electron chi connectivity index (χ2n) is 32.0. The van der Waals surface area contributed by atoms with E-state index in [4.69, 9.17) is 18.9 Å². The summed E-state index contributed by atoms with van der Waals surface area (Å²) in [6, 6.07) is 0. The Kier molecular flexibility index (Phi) is 76.8. The molecule has 0 aromatic heterocycles. The molecule has 2 amide bonds. The molecule has 0 aromatic carbocycles. The molecule has 2 unspecified atom stereocenters. The number of esters is 4. The minimum atomic E-state index is -0.120. The molecule has 0 rings (SSSR count). The van der Waals surface area contributed by atoms with Crippen LogP contribution in [-0.2, 0) is 47.7 Å². The highest BCUT2D eigenvalue weighted by molar-refractivity contribution is 5.83. The number of carbonyl (C=O) groups is 6. The smallest absolute Gasteiger partial charge is 0.306 e. The fourth-order valence-electron chi connectivity index (χ4n) is 14.2. The van der Waals surface area contributed by atoms with Crippen molar-refractivity contribution in [2.24, 2.45) is 11.8 Å². The molecule has 0 spiro atoms. The van der Waals surface area contributed by atoms with Crippen molar-refractivity contribution in [3.63, 3.8) is 0 Å². The highest BCUT2D eigenvalue weighted by Crippen LogP contribution is 2.22. The average Bonchev–Trinajstić information content (AvgIpc) is 1.26. The van der Waals surface area contributed by atoms with Gasteiger partial charge >= 0.3 is 23.9 Å². The average molecular weight is 1470 g/mol. The Balaban J connectivity index is 5.41. The van der Waals surface area contributed by atoms with E-state index in [0.717, 1.165) is 193 Å². The predicted molar refractivity (Wildman–Crippen MR) is 439 cm³/mol. The fourth-order valence-corrected chi connectivity index (χ4v) is 14.2. The maximum absolute atomic E-state index is 13.2. The van der Waals surface area contributed by atoms with E-state index in [2.05, 4.69) is 75.8 Å². The second kappa shape index (κ2) is 79.3. The predicted octanol–water partition coefficient (Wildman–Crippen LogP) is 24.3. The Labute approximate surface area is 643 Å². The second-order valence-corrected chi connectivity index (χ2v) is 32.0. The minimum Gasteiger partial charge on any atom is -0.465 e. The first-order valence-electron chi connectivity index (χ1n) is 45.5. The monoisotopic (exact) mass is 1470 g/mol. The summed E-state index contributed by atoms with van der Waals surface area (Å²) in [4.78, 5) is 82.9. The van der Waals surface area contributed by atoms with Gasteiger partial charge in [0.25, 0.3) is 0 Å². The first kappa shape index (κ1) is 101. The van der Waals surface area contributed by atoms with Crippen LogP contribution in [0.15, 0.2) is 0 Å². The molecular formula is C90H174N4O10. The number of nitrogens with zero attached hydrogens (tertiary/aromatic N) is 2. The van der Waals surface area contributed by atoms with Crippen molar-refractivity contribution in [2.45, 2.75) is 466 Å². The van der Waals surface area contributed by atoms with Gasteiger partial charge in [-0.1, -0.05) is 299 Å². The van der Waals surface area contributed by atoms with E-state index in [-0.39, 0.29) is 60.7 Å². The summed E-state index contributed by atoms with van der Waals surface area (Å²) in [6.07, 6.45) is 66.4. The number of hydrogen-bond acceptors (Lipinski definition) is 12. The lowest BCUT2D eigenvalue weighted by Gasteiger charge is -2.23. The maximum Gasteiger partial charge on any atom is 0.306 e. The number of rotatable bonds is 83. The van der Waals surface area contributed by atoms with Gasteiger partial charge < -0.3 is 39.4 Å². The molecule has 0 heterocycles. The molecule has 0 aromatic rings. The van der Waals surface area contributed by atoms with Crippen molar-refractivity contribution in [1.82, 2.24) is 20.4 Å². The summed E-state index contributed by atoms with van der Waals surface area (Å²) < 4.78 is 23.6. The van der Waals surface area contributed by atoms with Crippen LogP contribution in [0.2, 0.25) is 0 Å². The van der Waals surface area contributed by atoms with Gasteiger partial charge in [0.1, 0.15) is 12.2 Å². The molecule has 2 N–H and O–H groups in total. The molecule has 0 saturated carbocycles. The van der Waals surface area contributed by atoms with Crippen LogP contribution in [0.3, 0.4) is 0 Å². The van der Waals surface area contributed by atoms with Gasteiger partial charge in [0.2, 0.25) is 11.8 Å². The van der Waals surface area contributed by atoms with E-state index >= 15 is 0 Å². The number of amides is 2. The molecule has 2 atom stereocenters. The SMILES string of the molecule is CCCCCCCCC(CCCCCCCC)OC(=O)CCCCCCCN(CCCCCC(=O)OCC(C)CCCCCCC)CCNC(=O)CCC(=O)NCCN(CCCCCCCC(=O)OC(CCCCCCCC)CCCCCCCC)CCCCCC(=O)OCC(C)CCCCCCC. The van der Waals surface area contributed by atoms with E-state index in [1.807, 2.05) is 0 Å². The zero-order valence-electron chi connectivity index (χ0n) is 70.2. The Hall–Kier alpha value is -3.26. The van der Waals surface area contributed by atoms with Crippen LogP contribution in [0.1, 0.15) is 453 Å². The van der Waals surface area contributed by atoms with Gasteiger partial charge in [-0.05, 0) is 154 Å². The Morgan fingerprint density at radius 3 is 0.750 bits per heavy atom. The highest BCUT2D eigenvalue weighted by Gasteiger charge is 2.18. The van der Waals surface area contributed by atoms with E-state index in [0.29, 0.717) is 76.9 Å². The van der Waals surface area contributed by atoms with Gasteiger partial charge in [-0.3, -0.25) is 28.8 Å². The summed E-state index contributed by atoms with van der Waals surface area (Å²) in [5, 5.41) is 6.22. The van der Waals surface area contributed by atoms with Crippen LogP contribution in [-0.4, -0.2) is 123 Å². The van der Waals surface area contributed by atoms with Gasteiger partial charge in [0, 0.05) is 64.7 Å². The lowest BCUT2D eigenvalue weighted by molar-refractivity contribution is -0.151. The van der Waals surface area contributed by atoms with Gasteiger partial charge in [0.15, 0.2) is 0 Å². The summed E-state index contributed by atoms with van der Waals surface area (Å²) in [5.74, 6) is 0.290. The molecule has 0 radical (unpaired) electrons. The number of carbonyl (C=O) groups excluding carboxylic acids is 6. The van der Waals surface area contributed by atoms with Crippen LogP contribution >= 0.6 is 0 Å². The number of ether oxygens (including phenoxy) is 4. The van der Waals surface area contributed by atoms with Crippen LogP contribution in [0, 0.1) is 11.8 Å². The van der Waals surface area contributed by atoms with Crippen molar-refractivity contribution < 1.29 is 47.7 Å². The van der Waals surface area contributed by atoms with Crippen LogP contribution in [0.4, 0.5) is 0 Å². The molecule has 0 bridgehead atoms. The molecule has 14 heteroatoms. The first-order chi connectivity index (χ1) is 50.8. The lowest BCUT2D eigenvalue weighted by atomic mass is 10.0. The summed E-state index contributed by atoms with van der Waals surface area (Å²) in [6.45, 7) is 24.9. The number of unbranched alkanes of at least 4 members (excludes halogenated alkanes) is 40. The minimum absolute atomic E-state index is 0.0278. The molecular weight excluding hydrogens is 1300 g/mol. The largest absolute Gasteiger partial charge is 0.465 e. The summed E-state index contributed by atoms with van der Waals surface area (Å²) >= 11 is 0. The van der Waals surface area contributed by atoms with Gasteiger partial charge in [-0.2, -0.15) is 0 Å². The third-order valence-electron chi connectivity index (χ3n) is 21.3. The maximum atomic E-state index is 13.2. The third kappa shape index (κ3) is 72.9. The number of hydrogen-bond donors (Lipinski definition) is 2. The van der Waals surface area contributed by atoms with Crippen molar-refractivity contribution in [1.29, 1.82) is 0 Å². The normalized spacial score (nSPS) is 12.2. The van der Waals surface area contributed by atoms with Gasteiger partial charge in [-0.15, -0.1) is 0 Å². The third-order valence-corrected chi connectivity index (χ3v) is 21.3. The number of nitrogens with one attached hydrogen (secondary N) is 2. The molecule has 0 aliphatic carbocycles. The molecule has 104 heavy (non-hydrogen) atoms. The summed E-state index contributed by atoms with van der Waals surface area (Å²) in [5.41, 5.74) is 0. The highest BCUT2D eigenvalue weighted by atomic mass is 16.6. The van der Waals surface area contributed by atoms with E-state index in [9.17, 15) is 28.8 Å². The molecule has 0 aliphatic rings. The van der Waals surface area contributed by atoms with Crippen molar-refractivity contribution in [2.75, 3.05) is 65.6 Å². The molecule has 0 fully saturated rings. The summed E-state index contributed by atoms with van der Waals surface area (Å²) in [7, 11) is 0. The molecule has 0 saturated heterocycles. The Bertz CT molecular complexity index is 1740. The van der Waals surface area contributed by atoms with Crippen molar-refractivity contribution in [3.05, 3.63) is 0 Å².